The van der Waals surface area contributed by atoms with Gasteiger partial charge in [-0.1, -0.05) is 13.3 Å². The lowest BCUT2D eigenvalue weighted by Gasteiger charge is -2.20. The summed E-state index contributed by atoms with van der Waals surface area (Å²) >= 11 is 0. The Bertz CT molecular complexity index is 221. The minimum Gasteiger partial charge on any atom is -0.346 e. The summed E-state index contributed by atoms with van der Waals surface area (Å²) < 4.78 is 35.6. The minimum atomic E-state index is -4.36. The second kappa shape index (κ2) is 8.30. The van der Waals surface area contributed by atoms with Crippen molar-refractivity contribution in [1.29, 1.82) is 0 Å². The van der Waals surface area contributed by atoms with Crippen LogP contribution < -0.4 is 11.1 Å². The molecule has 7 heteroatoms. The van der Waals surface area contributed by atoms with E-state index in [1.807, 2.05) is 12.2 Å². The van der Waals surface area contributed by atoms with Crippen LogP contribution >= 0.6 is 0 Å². The maximum atomic E-state index is 11.9. The average Bonchev–Trinajstić information content (AvgIpc) is 2.22. The first-order valence-corrected chi connectivity index (χ1v) is 5.65. The van der Waals surface area contributed by atoms with Crippen molar-refractivity contribution in [1.82, 2.24) is 10.2 Å². The van der Waals surface area contributed by atoms with Gasteiger partial charge >= 0.3 is 6.18 Å². The Labute approximate surface area is 99.3 Å². The third-order valence-electron chi connectivity index (χ3n) is 2.13. The Balaban J connectivity index is 3.94. The number of hydrogen-bond acceptors (Lipinski definition) is 3. The number of carbonyl (C=O) groups is 1. The highest BCUT2D eigenvalue weighted by atomic mass is 19.4. The molecule has 0 rings (SSSR count). The lowest BCUT2D eigenvalue weighted by atomic mass is 10.3. The molecule has 0 aliphatic rings. The number of rotatable bonds is 8. The van der Waals surface area contributed by atoms with Crippen LogP contribution in [0.5, 0.6) is 0 Å². The highest BCUT2D eigenvalue weighted by Crippen LogP contribution is 2.11. The van der Waals surface area contributed by atoms with Crippen molar-refractivity contribution in [3.63, 3.8) is 0 Å². The predicted octanol–water partition coefficient (Wildman–Crippen LogP) is 0.726. The largest absolute Gasteiger partial charge is 0.405 e. The van der Waals surface area contributed by atoms with Gasteiger partial charge in [0.05, 0.1) is 6.54 Å². The fourth-order valence-corrected chi connectivity index (χ4v) is 1.29. The molecule has 3 N–H and O–H groups in total. The standard InChI is InChI=1S/C10H20F3N3O/c1-2-3-5-16(6-4-14)7-9(17)15-8-10(11,12)13/h2-8,14H2,1H3,(H,15,17). The minimum absolute atomic E-state index is 0.0344. The van der Waals surface area contributed by atoms with E-state index in [1.54, 1.807) is 4.90 Å². The molecule has 0 aromatic heterocycles. The molecule has 17 heavy (non-hydrogen) atoms. The van der Waals surface area contributed by atoms with Crippen molar-refractivity contribution in [3.05, 3.63) is 0 Å². The SMILES string of the molecule is CCCCN(CCN)CC(=O)NCC(F)(F)F. The average molecular weight is 255 g/mol. The third-order valence-corrected chi connectivity index (χ3v) is 2.13. The zero-order valence-electron chi connectivity index (χ0n) is 10.0. The lowest BCUT2D eigenvalue weighted by molar-refractivity contribution is -0.139. The number of hydrogen-bond donors (Lipinski definition) is 2. The van der Waals surface area contributed by atoms with Crippen molar-refractivity contribution in [2.24, 2.45) is 5.73 Å². The number of nitrogens with two attached hydrogens (primary N) is 1. The summed E-state index contributed by atoms with van der Waals surface area (Å²) in [5.41, 5.74) is 5.37. The van der Waals surface area contributed by atoms with E-state index >= 15 is 0 Å². The Hall–Kier alpha value is -0.820. The van der Waals surface area contributed by atoms with Crippen LogP contribution in [0.25, 0.3) is 0 Å². The van der Waals surface area contributed by atoms with Crippen LogP contribution in [0.2, 0.25) is 0 Å². The summed E-state index contributed by atoms with van der Waals surface area (Å²) in [4.78, 5) is 13.0. The number of amides is 1. The van der Waals surface area contributed by atoms with Crippen LogP contribution in [-0.4, -0.2) is 49.7 Å². The van der Waals surface area contributed by atoms with Gasteiger partial charge in [-0.3, -0.25) is 9.69 Å². The first-order chi connectivity index (χ1) is 7.89. The smallest absolute Gasteiger partial charge is 0.346 e. The van der Waals surface area contributed by atoms with Gasteiger partial charge in [-0.15, -0.1) is 0 Å². The van der Waals surface area contributed by atoms with E-state index in [4.69, 9.17) is 5.73 Å². The summed E-state index contributed by atoms with van der Waals surface area (Å²) in [6.07, 6.45) is -2.50. The molecule has 0 radical (unpaired) electrons. The van der Waals surface area contributed by atoms with Crippen LogP contribution in [0.3, 0.4) is 0 Å². The Morgan fingerprint density at radius 3 is 2.47 bits per heavy atom. The second-order valence-electron chi connectivity index (χ2n) is 3.81. The molecule has 0 aliphatic heterocycles. The molecule has 0 heterocycles. The van der Waals surface area contributed by atoms with Gasteiger partial charge in [0.2, 0.25) is 5.91 Å². The number of nitrogens with one attached hydrogen (secondary N) is 1. The topological polar surface area (TPSA) is 58.4 Å². The molecule has 0 fully saturated rings. The van der Waals surface area contributed by atoms with Crippen LogP contribution in [0.4, 0.5) is 13.2 Å². The van der Waals surface area contributed by atoms with E-state index < -0.39 is 18.6 Å². The highest BCUT2D eigenvalue weighted by molar-refractivity contribution is 5.78. The zero-order valence-corrected chi connectivity index (χ0v) is 10.0. The monoisotopic (exact) mass is 255 g/mol. The van der Waals surface area contributed by atoms with E-state index in [2.05, 4.69) is 0 Å². The Kier molecular flexibility index (Phi) is 7.90. The molecule has 4 nitrogen and oxygen atoms in total. The molecule has 0 aromatic carbocycles. The van der Waals surface area contributed by atoms with Gasteiger partial charge in [0.15, 0.2) is 0 Å². The summed E-state index contributed by atoms with van der Waals surface area (Å²) in [6.45, 7) is 2.26. The van der Waals surface area contributed by atoms with Crippen LogP contribution in [0.15, 0.2) is 0 Å². The zero-order chi connectivity index (χ0) is 13.3. The molecule has 1 amide bonds. The number of carbonyl (C=O) groups excluding carboxylic acids is 1. The van der Waals surface area contributed by atoms with Crippen LogP contribution in [0.1, 0.15) is 19.8 Å². The summed E-state index contributed by atoms with van der Waals surface area (Å²) in [5, 5.41) is 1.84. The van der Waals surface area contributed by atoms with Crippen LogP contribution in [0, 0.1) is 0 Å². The second-order valence-corrected chi connectivity index (χ2v) is 3.81. The number of nitrogens with zero attached hydrogens (tertiary/aromatic N) is 1. The summed E-state index contributed by atoms with van der Waals surface area (Å²) in [7, 11) is 0. The fraction of sp³-hybridized carbons (Fsp3) is 0.900. The molecule has 0 bridgehead atoms. The van der Waals surface area contributed by atoms with E-state index in [9.17, 15) is 18.0 Å². The van der Waals surface area contributed by atoms with Gasteiger partial charge in [0.1, 0.15) is 6.54 Å². The van der Waals surface area contributed by atoms with E-state index in [0.717, 1.165) is 12.8 Å². The van der Waals surface area contributed by atoms with Crippen molar-refractivity contribution in [2.45, 2.75) is 25.9 Å². The van der Waals surface area contributed by atoms with Crippen molar-refractivity contribution >= 4 is 5.91 Å². The van der Waals surface area contributed by atoms with E-state index in [0.29, 0.717) is 19.6 Å². The first kappa shape index (κ1) is 16.2. The molecular weight excluding hydrogens is 235 g/mol. The molecule has 0 spiro atoms. The first-order valence-electron chi connectivity index (χ1n) is 5.65. The molecule has 0 aliphatic carbocycles. The lowest BCUT2D eigenvalue weighted by Crippen LogP contribution is -2.42. The number of unbranched alkanes of at least 4 members (excludes halogenated alkanes) is 1. The van der Waals surface area contributed by atoms with Gasteiger partial charge in [-0.25, -0.2) is 0 Å². The van der Waals surface area contributed by atoms with Gasteiger partial charge in [0, 0.05) is 13.1 Å². The van der Waals surface area contributed by atoms with Gasteiger partial charge < -0.3 is 11.1 Å². The normalized spacial score (nSPS) is 11.9. The molecule has 102 valence electrons. The Morgan fingerprint density at radius 2 is 2.00 bits per heavy atom. The van der Waals surface area contributed by atoms with Crippen molar-refractivity contribution < 1.29 is 18.0 Å². The van der Waals surface area contributed by atoms with Crippen LogP contribution in [-0.2, 0) is 4.79 Å². The quantitative estimate of drug-likeness (QED) is 0.672. The van der Waals surface area contributed by atoms with E-state index in [-0.39, 0.29) is 6.54 Å². The summed E-state index contributed by atoms with van der Waals surface area (Å²) in [5.74, 6) is -0.619. The third kappa shape index (κ3) is 10.1. The maximum Gasteiger partial charge on any atom is 0.405 e. The van der Waals surface area contributed by atoms with Gasteiger partial charge in [-0.05, 0) is 13.0 Å². The molecule has 0 atom stereocenters. The molecule has 0 saturated carbocycles. The number of alkyl halides is 3. The fourth-order valence-electron chi connectivity index (χ4n) is 1.29. The predicted molar refractivity (Wildman–Crippen MR) is 59.5 cm³/mol. The number of halogens is 3. The highest BCUT2D eigenvalue weighted by Gasteiger charge is 2.27. The Morgan fingerprint density at radius 1 is 1.35 bits per heavy atom. The molecule has 0 aromatic rings. The van der Waals surface area contributed by atoms with Crippen molar-refractivity contribution in [2.75, 3.05) is 32.7 Å². The molecular formula is C10H20F3N3O. The van der Waals surface area contributed by atoms with Crippen molar-refractivity contribution in [3.8, 4) is 0 Å². The van der Waals surface area contributed by atoms with Gasteiger partial charge in [0.25, 0.3) is 0 Å². The summed E-state index contributed by atoms with van der Waals surface area (Å²) in [6, 6.07) is 0. The molecule has 0 unspecified atom stereocenters. The van der Waals surface area contributed by atoms with E-state index in [1.165, 1.54) is 0 Å². The molecule has 0 saturated heterocycles. The maximum absolute atomic E-state index is 11.9. The van der Waals surface area contributed by atoms with Gasteiger partial charge in [-0.2, -0.15) is 13.2 Å².